The van der Waals surface area contributed by atoms with E-state index >= 15 is 0 Å². The Morgan fingerprint density at radius 3 is 2.40 bits per heavy atom. The molecule has 0 spiro atoms. The third-order valence-electron chi connectivity index (χ3n) is 4.57. The van der Waals surface area contributed by atoms with E-state index < -0.39 is 0 Å². The van der Waals surface area contributed by atoms with Crippen LogP contribution in [-0.4, -0.2) is 16.5 Å². The molecule has 4 heteroatoms. The van der Waals surface area contributed by atoms with Gasteiger partial charge in [-0.2, -0.15) is 0 Å². The molecule has 0 aliphatic heterocycles. The van der Waals surface area contributed by atoms with Crippen LogP contribution in [0.25, 0.3) is 0 Å². The predicted octanol–water partition coefficient (Wildman–Crippen LogP) is 4.24. The van der Waals surface area contributed by atoms with Crippen molar-refractivity contribution in [2.45, 2.75) is 52.4 Å². The van der Waals surface area contributed by atoms with Crippen molar-refractivity contribution in [2.75, 3.05) is 11.9 Å². The van der Waals surface area contributed by atoms with Gasteiger partial charge in [-0.25, -0.2) is 9.97 Å². The molecule has 2 aliphatic rings. The van der Waals surface area contributed by atoms with Crippen LogP contribution in [0.3, 0.4) is 0 Å². The zero-order valence-corrected chi connectivity index (χ0v) is 13.2. The molecule has 0 radical (unpaired) electrons. The molecule has 1 N–H and O–H groups in total. The fourth-order valence-electron chi connectivity index (χ4n) is 3.02. The monoisotopic (exact) mass is 293 g/mol. The van der Waals surface area contributed by atoms with Gasteiger partial charge in [-0.15, -0.1) is 0 Å². The highest BCUT2D eigenvalue weighted by Crippen LogP contribution is 2.49. The van der Waals surface area contributed by atoms with E-state index in [1.165, 1.54) is 25.7 Å². The fourth-order valence-corrected chi connectivity index (χ4v) is 3.21. The molecule has 20 heavy (non-hydrogen) atoms. The van der Waals surface area contributed by atoms with E-state index in [1.807, 2.05) is 6.92 Å². The van der Waals surface area contributed by atoms with Gasteiger partial charge in [-0.1, -0.05) is 18.5 Å². The topological polar surface area (TPSA) is 37.8 Å². The van der Waals surface area contributed by atoms with Gasteiger partial charge >= 0.3 is 0 Å². The Morgan fingerprint density at radius 2 is 1.85 bits per heavy atom. The van der Waals surface area contributed by atoms with Crippen molar-refractivity contribution in [1.82, 2.24) is 9.97 Å². The highest BCUT2D eigenvalue weighted by molar-refractivity contribution is 6.30. The van der Waals surface area contributed by atoms with E-state index in [0.29, 0.717) is 5.15 Å². The van der Waals surface area contributed by atoms with E-state index in [-0.39, 0.29) is 0 Å². The zero-order chi connectivity index (χ0) is 14.1. The second-order valence-electron chi connectivity index (χ2n) is 6.37. The second kappa shape index (κ2) is 5.88. The van der Waals surface area contributed by atoms with Crippen LogP contribution < -0.4 is 5.32 Å². The Balaban J connectivity index is 1.68. The maximum Gasteiger partial charge on any atom is 0.137 e. The van der Waals surface area contributed by atoms with Crippen molar-refractivity contribution in [3.63, 3.8) is 0 Å². The number of rotatable bonds is 7. The molecule has 0 amide bonds. The molecule has 1 aromatic rings. The number of halogens is 1. The minimum atomic E-state index is 0.598. The highest BCUT2D eigenvalue weighted by Gasteiger charge is 2.41. The summed E-state index contributed by atoms with van der Waals surface area (Å²) in [5, 5.41) is 4.16. The Morgan fingerprint density at radius 1 is 1.20 bits per heavy atom. The quantitative estimate of drug-likeness (QED) is 0.764. The number of aryl methyl sites for hydroxylation is 1. The van der Waals surface area contributed by atoms with Crippen LogP contribution in [0.2, 0.25) is 5.15 Å². The molecular formula is C16H24ClN3. The molecule has 2 saturated carbocycles. The zero-order valence-electron chi connectivity index (χ0n) is 12.5. The van der Waals surface area contributed by atoms with Gasteiger partial charge in [0.1, 0.15) is 16.8 Å². The normalized spacial score (nSPS) is 18.6. The van der Waals surface area contributed by atoms with Gasteiger partial charge in [0.2, 0.25) is 0 Å². The number of hydrogen-bond acceptors (Lipinski definition) is 3. The van der Waals surface area contributed by atoms with E-state index in [4.69, 9.17) is 11.6 Å². The average molecular weight is 294 g/mol. The molecule has 0 bridgehead atoms. The second-order valence-corrected chi connectivity index (χ2v) is 6.73. The Hall–Kier alpha value is -0.830. The number of anilines is 1. The summed E-state index contributed by atoms with van der Waals surface area (Å²) in [4.78, 5) is 9.01. The van der Waals surface area contributed by atoms with Gasteiger partial charge in [-0.3, -0.25) is 0 Å². The molecule has 1 heterocycles. The molecule has 110 valence electrons. The van der Waals surface area contributed by atoms with Crippen molar-refractivity contribution < 1.29 is 0 Å². The van der Waals surface area contributed by atoms with Gasteiger partial charge in [-0.05, 0) is 56.8 Å². The molecule has 2 aliphatic carbocycles. The summed E-state index contributed by atoms with van der Waals surface area (Å²) in [6, 6.07) is 0. The molecule has 0 atom stereocenters. The van der Waals surface area contributed by atoms with Gasteiger partial charge in [0.05, 0.1) is 0 Å². The standard InChI is InChI=1S/C16H24ClN3/c1-3-4-14-19-15(17)10(2)16(20-14)18-9-13(11-5-6-11)12-7-8-12/h11-13H,3-9H2,1-2H3,(H,18,19,20). The molecule has 3 nitrogen and oxygen atoms in total. The molecule has 3 rings (SSSR count). The number of nitrogens with zero attached hydrogens (tertiary/aromatic N) is 2. The van der Waals surface area contributed by atoms with Gasteiger partial charge in [0.25, 0.3) is 0 Å². The van der Waals surface area contributed by atoms with Crippen molar-refractivity contribution in [2.24, 2.45) is 17.8 Å². The number of nitrogens with one attached hydrogen (secondary N) is 1. The van der Waals surface area contributed by atoms with Crippen LogP contribution >= 0.6 is 11.6 Å². The maximum atomic E-state index is 6.23. The van der Waals surface area contributed by atoms with E-state index in [1.54, 1.807) is 0 Å². The first-order valence-corrected chi connectivity index (χ1v) is 8.33. The van der Waals surface area contributed by atoms with Crippen LogP contribution in [0.1, 0.15) is 50.4 Å². The third kappa shape index (κ3) is 3.25. The smallest absolute Gasteiger partial charge is 0.137 e. The van der Waals surface area contributed by atoms with Gasteiger partial charge in [0, 0.05) is 18.5 Å². The first kappa shape index (κ1) is 14.1. The fraction of sp³-hybridized carbons (Fsp3) is 0.750. The van der Waals surface area contributed by atoms with Crippen molar-refractivity contribution >= 4 is 17.4 Å². The van der Waals surface area contributed by atoms with Crippen LogP contribution in [0, 0.1) is 24.7 Å². The van der Waals surface area contributed by atoms with Gasteiger partial charge in [0.15, 0.2) is 0 Å². The number of hydrogen-bond donors (Lipinski definition) is 1. The molecule has 0 unspecified atom stereocenters. The summed E-state index contributed by atoms with van der Waals surface area (Å²) in [6.07, 6.45) is 7.64. The van der Waals surface area contributed by atoms with Gasteiger partial charge < -0.3 is 5.32 Å². The van der Waals surface area contributed by atoms with E-state index in [0.717, 1.165) is 54.3 Å². The average Bonchev–Trinajstić information content (AvgIpc) is 3.27. The lowest BCUT2D eigenvalue weighted by Gasteiger charge is -2.18. The Bertz CT molecular complexity index is 469. The Labute approximate surface area is 126 Å². The SMILES string of the molecule is CCCc1nc(Cl)c(C)c(NCC(C2CC2)C2CC2)n1. The first-order valence-electron chi connectivity index (χ1n) is 7.96. The van der Waals surface area contributed by atoms with E-state index in [9.17, 15) is 0 Å². The lowest BCUT2D eigenvalue weighted by molar-refractivity contribution is 0.427. The van der Waals surface area contributed by atoms with Crippen LogP contribution in [0.4, 0.5) is 5.82 Å². The summed E-state index contributed by atoms with van der Waals surface area (Å²) < 4.78 is 0. The third-order valence-corrected chi connectivity index (χ3v) is 4.93. The lowest BCUT2D eigenvalue weighted by Crippen LogP contribution is -2.20. The summed E-state index contributed by atoms with van der Waals surface area (Å²) >= 11 is 6.23. The predicted molar refractivity (Wildman–Crippen MR) is 83.2 cm³/mol. The summed E-state index contributed by atoms with van der Waals surface area (Å²) in [5.41, 5.74) is 0.983. The molecular weight excluding hydrogens is 270 g/mol. The van der Waals surface area contributed by atoms with Crippen LogP contribution in [0.5, 0.6) is 0 Å². The first-order chi connectivity index (χ1) is 9.69. The highest BCUT2D eigenvalue weighted by atomic mass is 35.5. The van der Waals surface area contributed by atoms with Crippen LogP contribution in [-0.2, 0) is 6.42 Å². The van der Waals surface area contributed by atoms with Crippen LogP contribution in [0.15, 0.2) is 0 Å². The summed E-state index contributed by atoms with van der Waals surface area (Å²) in [5.74, 6) is 4.57. The number of aromatic nitrogens is 2. The lowest BCUT2D eigenvalue weighted by atomic mass is 9.98. The maximum absolute atomic E-state index is 6.23. The summed E-state index contributed by atoms with van der Waals surface area (Å²) in [7, 11) is 0. The molecule has 0 aromatic carbocycles. The molecule has 1 aromatic heterocycles. The molecule has 2 fully saturated rings. The Kier molecular flexibility index (Phi) is 4.16. The van der Waals surface area contributed by atoms with Crippen molar-refractivity contribution in [3.05, 3.63) is 16.5 Å². The minimum Gasteiger partial charge on any atom is -0.369 e. The van der Waals surface area contributed by atoms with Crippen molar-refractivity contribution in [1.29, 1.82) is 0 Å². The largest absolute Gasteiger partial charge is 0.369 e. The summed E-state index contributed by atoms with van der Waals surface area (Å²) in [6.45, 7) is 5.19. The molecule has 0 saturated heterocycles. The minimum absolute atomic E-state index is 0.598. The van der Waals surface area contributed by atoms with Crippen molar-refractivity contribution in [3.8, 4) is 0 Å². The van der Waals surface area contributed by atoms with E-state index in [2.05, 4.69) is 22.2 Å².